The quantitative estimate of drug-likeness (QED) is 0.297. The van der Waals surface area contributed by atoms with E-state index in [0.717, 1.165) is 23.1 Å². The molecule has 0 bridgehead atoms. The number of carbonyl (C=O) groups is 1. The molecule has 1 amide bonds. The van der Waals surface area contributed by atoms with Crippen LogP contribution >= 0.6 is 0 Å². The maximum Gasteiger partial charge on any atom is 0.416 e. The highest BCUT2D eigenvalue weighted by atomic mass is 19.4. The minimum atomic E-state index is -4.59. The number of nitrogens with one attached hydrogen (secondary N) is 2. The van der Waals surface area contributed by atoms with E-state index in [4.69, 9.17) is 4.74 Å². The van der Waals surface area contributed by atoms with Gasteiger partial charge in [-0.05, 0) is 61.9 Å². The molecule has 10 heteroatoms. The van der Waals surface area contributed by atoms with Crippen molar-refractivity contribution >= 4 is 22.6 Å². The molecule has 5 aromatic rings. The topological polar surface area (TPSA) is 84.8 Å². The van der Waals surface area contributed by atoms with Gasteiger partial charge in [-0.2, -0.15) is 13.2 Å². The maximum absolute atomic E-state index is 13.6. The third-order valence-corrected chi connectivity index (χ3v) is 5.60. The minimum Gasteiger partial charge on any atom is -0.456 e. The first-order chi connectivity index (χ1) is 17.2. The Morgan fingerprint density at radius 2 is 1.86 bits per heavy atom. The van der Waals surface area contributed by atoms with Crippen molar-refractivity contribution in [1.82, 2.24) is 19.5 Å². The van der Waals surface area contributed by atoms with Gasteiger partial charge in [-0.3, -0.25) is 4.79 Å². The Morgan fingerprint density at radius 3 is 2.61 bits per heavy atom. The normalized spacial score (nSPS) is 11.6. The largest absolute Gasteiger partial charge is 0.456 e. The monoisotopic (exact) mass is 491 g/mol. The second-order valence-electron chi connectivity index (χ2n) is 8.27. The molecule has 0 saturated carbocycles. The van der Waals surface area contributed by atoms with Crippen LogP contribution in [0.5, 0.6) is 11.5 Å². The zero-order valence-electron chi connectivity index (χ0n) is 19.2. The van der Waals surface area contributed by atoms with Crippen molar-refractivity contribution in [2.24, 2.45) is 0 Å². The molecule has 182 valence electrons. The van der Waals surface area contributed by atoms with E-state index in [0.29, 0.717) is 22.8 Å². The van der Waals surface area contributed by atoms with Crippen LogP contribution in [0.4, 0.5) is 18.9 Å². The highest BCUT2D eigenvalue weighted by Gasteiger charge is 2.31. The van der Waals surface area contributed by atoms with E-state index in [1.54, 1.807) is 49.8 Å². The predicted octanol–water partition coefficient (Wildman–Crippen LogP) is 6.43. The molecule has 0 aliphatic rings. The number of hydrogen-bond acceptors (Lipinski definition) is 4. The number of anilines is 1. The fourth-order valence-electron chi connectivity index (χ4n) is 3.76. The summed E-state index contributed by atoms with van der Waals surface area (Å²) < 4.78 is 48.2. The van der Waals surface area contributed by atoms with Crippen molar-refractivity contribution in [3.63, 3.8) is 0 Å². The van der Waals surface area contributed by atoms with Crippen molar-refractivity contribution in [2.45, 2.75) is 20.0 Å². The van der Waals surface area contributed by atoms with E-state index in [1.165, 1.54) is 17.0 Å². The number of rotatable bonds is 5. The summed E-state index contributed by atoms with van der Waals surface area (Å²) in [6, 6.07) is 11.8. The second-order valence-corrected chi connectivity index (χ2v) is 8.27. The highest BCUT2D eigenvalue weighted by Crippen LogP contribution is 2.34. The molecule has 5 rings (SSSR count). The van der Waals surface area contributed by atoms with Crippen LogP contribution in [0.1, 0.15) is 27.2 Å². The molecule has 0 aliphatic carbocycles. The van der Waals surface area contributed by atoms with Crippen LogP contribution in [-0.2, 0) is 6.18 Å². The third-order valence-electron chi connectivity index (χ3n) is 5.60. The molecule has 36 heavy (non-hydrogen) atoms. The Balaban J connectivity index is 1.45. The van der Waals surface area contributed by atoms with Crippen LogP contribution in [-0.4, -0.2) is 25.4 Å². The van der Waals surface area contributed by atoms with E-state index in [-0.39, 0.29) is 16.9 Å². The van der Waals surface area contributed by atoms with Gasteiger partial charge in [-0.25, -0.2) is 9.97 Å². The molecule has 3 heterocycles. The molecule has 7 nitrogen and oxygen atoms in total. The van der Waals surface area contributed by atoms with Crippen LogP contribution in [0.2, 0.25) is 0 Å². The second kappa shape index (κ2) is 8.88. The van der Waals surface area contributed by atoms with Crippen molar-refractivity contribution in [3.8, 4) is 17.2 Å². The number of nitrogens with zero attached hydrogens (tertiary/aromatic N) is 3. The number of aromatic nitrogens is 4. The first kappa shape index (κ1) is 23.2. The van der Waals surface area contributed by atoms with Gasteiger partial charge in [0.2, 0.25) is 0 Å². The summed E-state index contributed by atoms with van der Waals surface area (Å²) in [4.78, 5) is 24.3. The molecule has 0 atom stereocenters. The summed E-state index contributed by atoms with van der Waals surface area (Å²) in [6.07, 6.45) is 1.78. The predicted molar refractivity (Wildman–Crippen MR) is 129 cm³/mol. The maximum atomic E-state index is 13.6. The van der Waals surface area contributed by atoms with E-state index < -0.39 is 17.6 Å². The lowest BCUT2D eigenvalue weighted by Gasteiger charge is -2.14. The van der Waals surface area contributed by atoms with Crippen molar-refractivity contribution in [2.75, 3.05) is 5.32 Å². The first-order valence-electron chi connectivity index (χ1n) is 10.9. The van der Waals surface area contributed by atoms with Crippen LogP contribution in [0.25, 0.3) is 16.7 Å². The van der Waals surface area contributed by atoms with Gasteiger partial charge in [0, 0.05) is 35.5 Å². The Bertz CT molecular complexity index is 1590. The number of carbonyl (C=O) groups excluding carboxylic acids is 1. The summed E-state index contributed by atoms with van der Waals surface area (Å²) in [5.41, 5.74) is 1.66. The summed E-state index contributed by atoms with van der Waals surface area (Å²) in [7, 11) is 0. The highest BCUT2D eigenvalue weighted by molar-refractivity contribution is 6.04. The molecule has 3 aromatic heterocycles. The number of aryl methyl sites for hydroxylation is 2. The molecule has 0 radical (unpaired) electrons. The van der Waals surface area contributed by atoms with Gasteiger partial charge >= 0.3 is 6.18 Å². The van der Waals surface area contributed by atoms with Crippen LogP contribution < -0.4 is 10.1 Å². The third kappa shape index (κ3) is 4.65. The summed E-state index contributed by atoms with van der Waals surface area (Å²) in [6.45, 7) is 3.57. The number of H-pyrrole nitrogens is 1. The number of imidazole rings is 1. The van der Waals surface area contributed by atoms with Gasteiger partial charge in [0.15, 0.2) is 0 Å². The number of alkyl halides is 3. The van der Waals surface area contributed by atoms with Gasteiger partial charge in [0.1, 0.15) is 17.1 Å². The fraction of sp³-hybridized carbons (Fsp3) is 0.115. The summed E-state index contributed by atoms with van der Waals surface area (Å²) in [5, 5.41) is 3.36. The molecule has 2 aromatic carbocycles. The zero-order chi connectivity index (χ0) is 25.4. The molecule has 0 aliphatic heterocycles. The molecule has 0 spiro atoms. The van der Waals surface area contributed by atoms with E-state index in [1.807, 2.05) is 13.0 Å². The van der Waals surface area contributed by atoms with Gasteiger partial charge in [-0.15, -0.1) is 0 Å². The number of amides is 1. The lowest BCUT2D eigenvalue weighted by Crippen LogP contribution is -2.14. The van der Waals surface area contributed by atoms with Gasteiger partial charge in [0.25, 0.3) is 5.91 Å². The fourth-order valence-corrected chi connectivity index (χ4v) is 3.76. The minimum absolute atomic E-state index is 0.00221. The first-order valence-corrected chi connectivity index (χ1v) is 10.9. The number of halogens is 3. The van der Waals surface area contributed by atoms with Gasteiger partial charge in [-0.1, -0.05) is 6.07 Å². The van der Waals surface area contributed by atoms with Crippen molar-refractivity contribution in [1.29, 1.82) is 0 Å². The van der Waals surface area contributed by atoms with E-state index in [2.05, 4.69) is 20.3 Å². The molecule has 0 saturated heterocycles. The summed E-state index contributed by atoms with van der Waals surface area (Å²) in [5.74, 6) is 0.420. The lowest BCUT2D eigenvalue weighted by molar-refractivity contribution is -0.137. The Morgan fingerprint density at radius 1 is 1.03 bits per heavy atom. The number of aromatic amines is 1. The number of hydrogen-bond donors (Lipinski definition) is 2. The van der Waals surface area contributed by atoms with Crippen molar-refractivity contribution in [3.05, 3.63) is 95.8 Å². The van der Waals surface area contributed by atoms with E-state index >= 15 is 0 Å². The Labute approximate surface area is 203 Å². The number of pyridine rings is 1. The smallest absolute Gasteiger partial charge is 0.416 e. The average Bonchev–Trinajstić information content (AvgIpc) is 3.49. The molecule has 0 unspecified atom stereocenters. The summed E-state index contributed by atoms with van der Waals surface area (Å²) >= 11 is 0. The molecule has 0 fully saturated rings. The van der Waals surface area contributed by atoms with Gasteiger partial charge in [0.05, 0.1) is 23.0 Å². The van der Waals surface area contributed by atoms with Crippen molar-refractivity contribution < 1.29 is 22.7 Å². The van der Waals surface area contributed by atoms with Gasteiger partial charge < -0.3 is 19.6 Å². The lowest BCUT2D eigenvalue weighted by atomic mass is 10.1. The average molecular weight is 491 g/mol. The SMILES string of the molecule is Cc1cn(-c2cc(NC(=O)c3ccc(C)c(Oc4ccnc5[nH]ccc45)c3)cc(C(F)(F)F)c2)cn1. The number of benzene rings is 2. The number of ether oxygens (including phenoxy) is 1. The molecule has 2 N–H and O–H groups in total. The Kier molecular flexibility index (Phi) is 5.71. The van der Waals surface area contributed by atoms with Crippen LogP contribution in [0.15, 0.2) is 73.4 Å². The standard InChI is InChI=1S/C26H20F3N5O2/c1-15-3-4-17(9-23(15)36-22-6-8-31-24-21(22)5-7-30-24)25(35)33-19-10-18(26(27,28)29)11-20(12-19)34-13-16(2)32-14-34/h3-14H,1-2H3,(H,30,31)(H,33,35). The molecular formula is C26H20F3N5O2. The Hall–Kier alpha value is -4.60. The zero-order valence-corrected chi connectivity index (χ0v) is 19.2. The molecular weight excluding hydrogens is 471 g/mol. The van der Waals surface area contributed by atoms with Crippen LogP contribution in [0, 0.1) is 13.8 Å². The number of fused-ring (bicyclic) bond motifs is 1. The van der Waals surface area contributed by atoms with E-state index in [9.17, 15) is 18.0 Å². The van der Waals surface area contributed by atoms with Crippen LogP contribution in [0.3, 0.4) is 0 Å².